The first-order valence-corrected chi connectivity index (χ1v) is 8.89. The second-order valence-electron chi connectivity index (χ2n) is 8.39. The summed E-state index contributed by atoms with van der Waals surface area (Å²) in [6.45, 7) is 11.6. The van der Waals surface area contributed by atoms with Crippen LogP contribution in [0.15, 0.2) is 0 Å². The maximum absolute atomic E-state index is 11.7. The van der Waals surface area contributed by atoms with Gasteiger partial charge in [0.2, 0.25) is 0 Å². The molecule has 0 fully saturated rings. The second-order valence-corrected chi connectivity index (χ2v) is 8.39. The summed E-state index contributed by atoms with van der Waals surface area (Å²) < 4.78 is 16.7. The van der Waals surface area contributed by atoms with Gasteiger partial charge >= 0.3 is 12.1 Å². The lowest BCUT2D eigenvalue weighted by molar-refractivity contribution is -0.236. The first-order chi connectivity index (χ1) is 11.8. The zero-order chi connectivity index (χ0) is 20.4. The van der Waals surface area contributed by atoms with E-state index in [4.69, 9.17) is 19.3 Å². The van der Waals surface area contributed by atoms with Crippen molar-refractivity contribution in [3.8, 4) is 0 Å². The van der Waals surface area contributed by atoms with Crippen molar-refractivity contribution in [1.29, 1.82) is 0 Å². The Morgan fingerprint density at radius 1 is 1.12 bits per heavy atom. The van der Waals surface area contributed by atoms with Gasteiger partial charge in [-0.05, 0) is 39.0 Å². The number of alkyl carbamates (subject to hydrolysis) is 1. The summed E-state index contributed by atoms with van der Waals surface area (Å²) >= 11 is 0. The maximum atomic E-state index is 11.7. The van der Waals surface area contributed by atoms with Crippen LogP contribution in [0.25, 0.3) is 0 Å². The molecule has 0 bridgehead atoms. The van der Waals surface area contributed by atoms with Crippen LogP contribution in [0, 0.1) is 5.41 Å². The van der Waals surface area contributed by atoms with Crippen molar-refractivity contribution in [1.82, 2.24) is 5.32 Å². The number of aliphatic hydroxyl groups excluding tert-OH is 1. The average molecular weight is 377 g/mol. The Morgan fingerprint density at radius 3 is 2.19 bits per heavy atom. The molecule has 0 aromatic carbocycles. The molecule has 1 amide bonds. The molecule has 26 heavy (non-hydrogen) atoms. The number of carbonyl (C=O) groups is 2. The van der Waals surface area contributed by atoms with Crippen LogP contribution >= 0.6 is 0 Å². The van der Waals surface area contributed by atoms with Gasteiger partial charge in [-0.1, -0.05) is 20.8 Å². The van der Waals surface area contributed by atoms with Crippen LogP contribution in [0.3, 0.4) is 0 Å². The lowest BCUT2D eigenvalue weighted by atomic mass is 9.89. The highest BCUT2D eigenvalue weighted by molar-refractivity contribution is 5.68. The fourth-order valence-electron chi connectivity index (χ4n) is 2.17. The molecule has 154 valence electrons. The SMILES string of the molecule is CC(C)(C)CC(CO)OC(COC(=O)NCCCC(=O)O)OC(C)(C)C. The van der Waals surface area contributed by atoms with Gasteiger partial charge in [0.15, 0.2) is 6.29 Å². The van der Waals surface area contributed by atoms with Crippen LogP contribution in [0.2, 0.25) is 0 Å². The van der Waals surface area contributed by atoms with Crippen LogP contribution < -0.4 is 5.32 Å². The van der Waals surface area contributed by atoms with Gasteiger partial charge in [-0.2, -0.15) is 0 Å². The van der Waals surface area contributed by atoms with Crippen molar-refractivity contribution in [2.45, 2.75) is 78.8 Å². The van der Waals surface area contributed by atoms with Gasteiger partial charge in [-0.15, -0.1) is 0 Å². The van der Waals surface area contributed by atoms with E-state index in [9.17, 15) is 14.7 Å². The third-order valence-corrected chi connectivity index (χ3v) is 3.06. The Kier molecular flexibility index (Phi) is 10.8. The van der Waals surface area contributed by atoms with Gasteiger partial charge in [-0.3, -0.25) is 4.79 Å². The molecule has 8 nitrogen and oxygen atoms in total. The number of carboxylic acid groups (broad SMARTS) is 1. The Hall–Kier alpha value is -1.38. The van der Waals surface area contributed by atoms with Crippen LogP contribution in [-0.2, 0) is 19.0 Å². The lowest BCUT2D eigenvalue weighted by Crippen LogP contribution is -2.39. The van der Waals surface area contributed by atoms with Gasteiger partial charge in [0.25, 0.3) is 0 Å². The predicted octanol–water partition coefficient (Wildman–Crippen LogP) is 2.53. The molecule has 0 saturated heterocycles. The quantitative estimate of drug-likeness (QED) is 0.374. The average Bonchev–Trinajstić information content (AvgIpc) is 2.45. The number of aliphatic carboxylic acids is 1. The van der Waals surface area contributed by atoms with E-state index in [2.05, 4.69) is 5.32 Å². The molecular weight excluding hydrogens is 342 g/mol. The van der Waals surface area contributed by atoms with Crippen molar-refractivity contribution in [2.75, 3.05) is 19.8 Å². The zero-order valence-corrected chi connectivity index (χ0v) is 16.8. The number of hydrogen-bond donors (Lipinski definition) is 3. The molecule has 8 heteroatoms. The molecule has 2 unspecified atom stereocenters. The summed E-state index contributed by atoms with van der Waals surface area (Å²) in [5, 5.41) is 20.6. The normalized spacial score (nSPS) is 14.6. The van der Waals surface area contributed by atoms with E-state index in [1.165, 1.54) is 0 Å². The molecule has 0 aliphatic rings. The number of rotatable bonds is 11. The number of nitrogens with one attached hydrogen (secondary N) is 1. The lowest BCUT2D eigenvalue weighted by Gasteiger charge is -2.32. The fourth-order valence-corrected chi connectivity index (χ4v) is 2.17. The molecule has 0 heterocycles. The molecule has 0 radical (unpaired) electrons. The summed E-state index contributed by atoms with van der Waals surface area (Å²) in [5.41, 5.74) is -0.560. The minimum atomic E-state index is -0.916. The van der Waals surface area contributed by atoms with Crippen LogP contribution in [-0.4, -0.2) is 60.0 Å². The predicted molar refractivity (Wildman–Crippen MR) is 96.9 cm³/mol. The highest BCUT2D eigenvalue weighted by Crippen LogP contribution is 2.24. The summed E-state index contributed by atoms with van der Waals surface area (Å²) in [6.07, 6.45) is -1.01. The van der Waals surface area contributed by atoms with E-state index in [0.29, 0.717) is 12.8 Å². The zero-order valence-electron chi connectivity index (χ0n) is 16.8. The van der Waals surface area contributed by atoms with Gasteiger partial charge in [-0.25, -0.2) is 4.79 Å². The third kappa shape index (κ3) is 14.9. The monoisotopic (exact) mass is 377 g/mol. The molecule has 2 atom stereocenters. The molecule has 0 rings (SSSR count). The standard InChI is InChI=1S/C18H35NO7/c1-17(2,3)10-13(11-20)25-15(26-18(4,5)6)12-24-16(23)19-9-7-8-14(21)22/h13,15,20H,7-12H2,1-6H3,(H,19,23)(H,21,22). The molecule has 0 spiro atoms. The topological polar surface area (TPSA) is 114 Å². The first-order valence-electron chi connectivity index (χ1n) is 8.89. The minimum absolute atomic E-state index is 0.0237. The summed E-state index contributed by atoms with van der Waals surface area (Å²) in [7, 11) is 0. The number of carbonyl (C=O) groups excluding carboxylic acids is 1. The summed E-state index contributed by atoms with van der Waals surface area (Å²) in [5.74, 6) is -0.916. The van der Waals surface area contributed by atoms with Gasteiger partial charge in [0, 0.05) is 13.0 Å². The molecule has 3 N–H and O–H groups in total. The van der Waals surface area contributed by atoms with Crippen molar-refractivity contribution in [3.05, 3.63) is 0 Å². The summed E-state index contributed by atoms with van der Waals surface area (Å²) in [6, 6.07) is 0. The molecule has 0 aliphatic carbocycles. The Bertz CT molecular complexity index is 426. The Labute approximate surface area is 156 Å². The largest absolute Gasteiger partial charge is 0.481 e. The van der Waals surface area contributed by atoms with E-state index < -0.39 is 30.1 Å². The number of carboxylic acids is 1. The highest BCUT2D eigenvalue weighted by atomic mass is 16.7. The third-order valence-electron chi connectivity index (χ3n) is 3.06. The van der Waals surface area contributed by atoms with Gasteiger partial charge < -0.3 is 29.7 Å². The number of aliphatic hydroxyl groups is 1. The Morgan fingerprint density at radius 2 is 1.73 bits per heavy atom. The highest BCUT2D eigenvalue weighted by Gasteiger charge is 2.26. The van der Waals surface area contributed by atoms with Crippen molar-refractivity contribution >= 4 is 12.1 Å². The molecule has 0 saturated carbocycles. The molecule has 0 aliphatic heterocycles. The molecule has 0 aromatic rings. The summed E-state index contributed by atoms with van der Waals surface area (Å²) in [4.78, 5) is 22.1. The maximum Gasteiger partial charge on any atom is 0.407 e. The van der Waals surface area contributed by atoms with Crippen LogP contribution in [0.4, 0.5) is 4.79 Å². The van der Waals surface area contributed by atoms with E-state index in [-0.39, 0.29) is 31.6 Å². The van der Waals surface area contributed by atoms with Crippen molar-refractivity contribution in [3.63, 3.8) is 0 Å². The number of ether oxygens (including phenoxy) is 3. The fraction of sp³-hybridized carbons (Fsp3) is 0.889. The van der Waals surface area contributed by atoms with Crippen LogP contribution in [0.1, 0.15) is 60.8 Å². The van der Waals surface area contributed by atoms with E-state index >= 15 is 0 Å². The molecule has 0 aromatic heterocycles. The Balaban J connectivity index is 4.54. The van der Waals surface area contributed by atoms with Gasteiger partial charge in [0.1, 0.15) is 6.61 Å². The van der Waals surface area contributed by atoms with E-state index in [0.717, 1.165) is 0 Å². The number of hydrogen-bond acceptors (Lipinski definition) is 6. The first kappa shape index (κ1) is 24.6. The van der Waals surface area contributed by atoms with Crippen molar-refractivity contribution < 1.29 is 34.0 Å². The second kappa shape index (κ2) is 11.4. The van der Waals surface area contributed by atoms with E-state index in [1.807, 2.05) is 41.5 Å². The van der Waals surface area contributed by atoms with Crippen molar-refractivity contribution in [2.24, 2.45) is 5.41 Å². The van der Waals surface area contributed by atoms with Gasteiger partial charge in [0.05, 0.1) is 18.3 Å². The smallest absolute Gasteiger partial charge is 0.407 e. The van der Waals surface area contributed by atoms with Crippen LogP contribution in [0.5, 0.6) is 0 Å². The molecular formula is C18H35NO7. The minimum Gasteiger partial charge on any atom is -0.481 e. The number of amides is 1. The van der Waals surface area contributed by atoms with E-state index in [1.54, 1.807) is 0 Å².